The molecule has 27 heavy (non-hydrogen) atoms. The average Bonchev–Trinajstić information content (AvgIpc) is 2.94. The first-order chi connectivity index (χ1) is 12.4. The summed E-state index contributed by atoms with van der Waals surface area (Å²) in [5.41, 5.74) is -0.550. The van der Waals surface area contributed by atoms with Gasteiger partial charge >= 0.3 is 13.3 Å². The van der Waals surface area contributed by atoms with Crippen LogP contribution in [0.2, 0.25) is 5.02 Å². The van der Waals surface area contributed by atoms with Crippen molar-refractivity contribution in [1.82, 2.24) is 9.78 Å². The second-order valence-electron chi connectivity index (χ2n) is 7.38. The standard InChI is InChI=1S/C16H20BClF3N3O2S/c1-14(2)15(3,4)26-17(25-14)9-6-7-10(18)11-12(9)24(8-16(19,20)21)22-13(11)23-27-5/h6-7H,8H2,1-5H3,(H,22,23). The van der Waals surface area contributed by atoms with Crippen LogP contribution in [-0.4, -0.2) is 40.5 Å². The van der Waals surface area contributed by atoms with Gasteiger partial charge < -0.3 is 14.0 Å². The Balaban J connectivity index is 2.21. The lowest BCUT2D eigenvalue weighted by Crippen LogP contribution is -2.41. The Morgan fingerprint density at radius 2 is 1.81 bits per heavy atom. The van der Waals surface area contributed by atoms with Crippen LogP contribution in [0.15, 0.2) is 12.1 Å². The van der Waals surface area contributed by atoms with Crippen molar-refractivity contribution >= 4 is 52.9 Å². The van der Waals surface area contributed by atoms with E-state index >= 15 is 0 Å². The van der Waals surface area contributed by atoms with Crippen molar-refractivity contribution in [3.05, 3.63) is 17.2 Å². The van der Waals surface area contributed by atoms with Gasteiger partial charge in [0.25, 0.3) is 0 Å². The van der Waals surface area contributed by atoms with Gasteiger partial charge in [0, 0.05) is 11.7 Å². The molecule has 0 saturated carbocycles. The summed E-state index contributed by atoms with van der Waals surface area (Å²) < 4.78 is 55.3. The number of anilines is 1. The Kier molecular flexibility index (Phi) is 5.16. The van der Waals surface area contributed by atoms with E-state index in [0.29, 0.717) is 15.9 Å². The summed E-state index contributed by atoms with van der Waals surface area (Å²) in [5, 5.41) is 4.81. The maximum Gasteiger partial charge on any atom is 0.497 e. The third kappa shape index (κ3) is 3.77. The Morgan fingerprint density at radius 3 is 2.33 bits per heavy atom. The molecule has 0 unspecified atom stereocenters. The molecule has 5 nitrogen and oxygen atoms in total. The van der Waals surface area contributed by atoms with Crippen molar-refractivity contribution in [2.75, 3.05) is 11.0 Å². The fraction of sp³-hybridized carbons (Fsp3) is 0.562. The largest absolute Gasteiger partial charge is 0.497 e. The highest BCUT2D eigenvalue weighted by molar-refractivity contribution is 7.99. The average molecular weight is 422 g/mol. The van der Waals surface area contributed by atoms with E-state index in [1.165, 1.54) is 11.9 Å². The van der Waals surface area contributed by atoms with Crippen molar-refractivity contribution in [2.24, 2.45) is 0 Å². The van der Waals surface area contributed by atoms with E-state index in [4.69, 9.17) is 20.9 Å². The molecule has 0 spiro atoms. The number of halogens is 4. The van der Waals surface area contributed by atoms with Gasteiger partial charge in [0.2, 0.25) is 0 Å². The number of alkyl halides is 3. The molecule has 1 aliphatic heterocycles. The van der Waals surface area contributed by atoms with Crippen molar-refractivity contribution < 1.29 is 22.5 Å². The van der Waals surface area contributed by atoms with Gasteiger partial charge in [-0.25, -0.2) is 0 Å². The van der Waals surface area contributed by atoms with Crippen LogP contribution < -0.4 is 10.2 Å². The van der Waals surface area contributed by atoms with Gasteiger partial charge in [-0.1, -0.05) is 29.6 Å². The summed E-state index contributed by atoms with van der Waals surface area (Å²) in [6.07, 6.45) is -2.69. The highest BCUT2D eigenvalue weighted by Gasteiger charge is 2.52. The van der Waals surface area contributed by atoms with Crippen LogP contribution in [0, 0.1) is 0 Å². The lowest BCUT2D eigenvalue weighted by Gasteiger charge is -2.32. The van der Waals surface area contributed by atoms with E-state index in [2.05, 4.69) is 9.82 Å². The van der Waals surface area contributed by atoms with Gasteiger partial charge in [0.1, 0.15) is 6.54 Å². The first-order valence-electron chi connectivity index (χ1n) is 8.26. The smallest absolute Gasteiger partial charge is 0.399 e. The third-order valence-corrected chi connectivity index (χ3v) is 5.62. The molecule has 0 radical (unpaired) electrons. The van der Waals surface area contributed by atoms with E-state index in [1.54, 1.807) is 18.4 Å². The molecule has 148 valence electrons. The number of aromatic nitrogens is 2. The molecule has 1 fully saturated rings. The topological polar surface area (TPSA) is 48.3 Å². The zero-order chi connectivity index (χ0) is 20.2. The number of hydrogen-bond donors (Lipinski definition) is 1. The Bertz CT molecular complexity index is 857. The molecule has 3 rings (SSSR count). The van der Waals surface area contributed by atoms with Gasteiger partial charge in [0.05, 0.1) is 27.1 Å². The van der Waals surface area contributed by atoms with Gasteiger partial charge in [-0.3, -0.25) is 4.68 Å². The van der Waals surface area contributed by atoms with E-state index in [9.17, 15) is 13.2 Å². The van der Waals surface area contributed by atoms with Crippen molar-refractivity contribution in [3.63, 3.8) is 0 Å². The SMILES string of the molecule is CSNc1nn(CC(F)(F)F)c2c(B3OC(C)(C)C(C)(C)O3)ccc(Cl)c12. The minimum absolute atomic E-state index is 0.245. The molecule has 1 aromatic carbocycles. The van der Waals surface area contributed by atoms with Gasteiger partial charge in [0.15, 0.2) is 5.82 Å². The number of hydrogen-bond acceptors (Lipinski definition) is 5. The maximum absolute atomic E-state index is 13.1. The van der Waals surface area contributed by atoms with Crippen LogP contribution in [0.4, 0.5) is 19.0 Å². The van der Waals surface area contributed by atoms with Crippen LogP contribution >= 0.6 is 23.5 Å². The van der Waals surface area contributed by atoms with E-state index in [1.807, 2.05) is 27.7 Å². The zero-order valence-electron chi connectivity index (χ0n) is 15.6. The summed E-state index contributed by atoms with van der Waals surface area (Å²) in [6, 6.07) is 3.25. The van der Waals surface area contributed by atoms with Crippen molar-refractivity contribution in [2.45, 2.75) is 51.6 Å². The summed E-state index contributed by atoms with van der Waals surface area (Å²) >= 11 is 7.53. The second-order valence-corrected chi connectivity index (χ2v) is 8.40. The Hall–Kier alpha value is -1.10. The first-order valence-corrected chi connectivity index (χ1v) is 9.87. The fourth-order valence-electron chi connectivity index (χ4n) is 2.92. The molecular formula is C16H20BClF3N3O2S. The highest BCUT2D eigenvalue weighted by atomic mass is 35.5. The highest BCUT2D eigenvalue weighted by Crippen LogP contribution is 2.38. The molecule has 1 aliphatic rings. The fourth-order valence-corrected chi connectivity index (χ4v) is 3.50. The van der Waals surface area contributed by atoms with E-state index in [-0.39, 0.29) is 11.3 Å². The predicted molar refractivity (Wildman–Crippen MR) is 104 cm³/mol. The summed E-state index contributed by atoms with van der Waals surface area (Å²) in [4.78, 5) is 0. The van der Waals surface area contributed by atoms with E-state index < -0.39 is 31.0 Å². The van der Waals surface area contributed by atoms with Crippen LogP contribution in [0.5, 0.6) is 0 Å². The van der Waals surface area contributed by atoms with Crippen molar-refractivity contribution in [1.29, 1.82) is 0 Å². The Labute approximate surface area is 165 Å². The molecule has 2 heterocycles. The lowest BCUT2D eigenvalue weighted by molar-refractivity contribution is -0.141. The molecule has 11 heteroatoms. The summed E-state index contributed by atoms with van der Waals surface area (Å²) in [5.74, 6) is 0.269. The molecular weight excluding hydrogens is 402 g/mol. The number of nitrogens with one attached hydrogen (secondary N) is 1. The maximum atomic E-state index is 13.1. The minimum Gasteiger partial charge on any atom is -0.399 e. The van der Waals surface area contributed by atoms with Crippen molar-refractivity contribution in [3.8, 4) is 0 Å². The molecule has 0 aliphatic carbocycles. The summed E-state index contributed by atoms with van der Waals surface area (Å²) in [7, 11) is -0.833. The minimum atomic E-state index is -4.44. The molecule has 1 N–H and O–H groups in total. The molecule has 2 aromatic rings. The molecule has 0 amide bonds. The third-order valence-electron chi connectivity index (χ3n) is 4.91. The van der Waals surface area contributed by atoms with Gasteiger partial charge in [-0.05, 0) is 33.8 Å². The van der Waals surface area contributed by atoms with E-state index in [0.717, 1.165) is 4.68 Å². The molecule has 0 bridgehead atoms. The molecule has 1 aromatic heterocycles. The number of benzene rings is 1. The van der Waals surface area contributed by atoms with Crippen LogP contribution in [-0.2, 0) is 15.9 Å². The summed E-state index contributed by atoms with van der Waals surface area (Å²) in [6.45, 7) is 6.29. The first kappa shape index (κ1) is 20.6. The van der Waals surface area contributed by atoms with Gasteiger partial charge in [-0.2, -0.15) is 18.3 Å². The Morgan fingerprint density at radius 1 is 1.22 bits per heavy atom. The van der Waals surface area contributed by atoms with Gasteiger partial charge in [-0.15, -0.1) is 0 Å². The number of fused-ring (bicyclic) bond motifs is 1. The normalized spacial score (nSPS) is 19.1. The quantitative estimate of drug-likeness (QED) is 0.591. The number of rotatable bonds is 4. The monoisotopic (exact) mass is 421 g/mol. The predicted octanol–water partition coefficient (Wildman–Crippen LogP) is 4.24. The zero-order valence-corrected chi connectivity index (χ0v) is 17.1. The molecule has 0 atom stereocenters. The van der Waals surface area contributed by atoms with Crippen LogP contribution in [0.1, 0.15) is 27.7 Å². The molecule has 1 saturated heterocycles. The van der Waals surface area contributed by atoms with Crippen LogP contribution in [0.25, 0.3) is 10.9 Å². The van der Waals surface area contributed by atoms with Crippen LogP contribution in [0.3, 0.4) is 0 Å². The number of nitrogens with zero attached hydrogens (tertiary/aromatic N) is 2. The second kappa shape index (κ2) is 6.75. The lowest BCUT2D eigenvalue weighted by atomic mass is 9.77.